The van der Waals surface area contributed by atoms with Crippen molar-refractivity contribution in [1.82, 2.24) is 4.90 Å². The lowest BCUT2D eigenvalue weighted by molar-refractivity contribution is -0.0946. The molecule has 0 aliphatic carbocycles. The SMILES string of the molecule is CCC1(O)c2ccccc2CN1C. The molecule has 0 aromatic heterocycles. The van der Waals surface area contributed by atoms with Gasteiger partial charge in [-0.3, -0.25) is 4.90 Å². The van der Waals surface area contributed by atoms with Gasteiger partial charge in [-0.15, -0.1) is 0 Å². The van der Waals surface area contributed by atoms with Crippen molar-refractivity contribution in [3.63, 3.8) is 0 Å². The van der Waals surface area contributed by atoms with Crippen LogP contribution in [0.5, 0.6) is 0 Å². The summed E-state index contributed by atoms with van der Waals surface area (Å²) in [4.78, 5) is 2.00. The van der Waals surface area contributed by atoms with Crippen LogP contribution in [0.15, 0.2) is 24.3 Å². The minimum atomic E-state index is -0.739. The van der Waals surface area contributed by atoms with Crippen molar-refractivity contribution in [2.75, 3.05) is 7.05 Å². The zero-order valence-electron chi connectivity index (χ0n) is 8.12. The number of fused-ring (bicyclic) bond motifs is 1. The van der Waals surface area contributed by atoms with Crippen molar-refractivity contribution in [2.24, 2.45) is 0 Å². The first-order valence-electron chi connectivity index (χ1n) is 4.70. The Kier molecular flexibility index (Phi) is 1.90. The van der Waals surface area contributed by atoms with Crippen molar-refractivity contribution in [2.45, 2.75) is 25.6 Å². The maximum absolute atomic E-state index is 10.3. The van der Waals surface area contributed by atoms with E-state index in [1.165, 1.54) is 5.56 Å². The van der Waals surface area contributed by atoms with Gasteiger partial charge < -0.3 is 5.11 Å². The molecule has 1 aliphatic heterocycles. The summed E-state index contributed by atoms with van der Waals surface area (Å²) in [7, 11) is 1.96. The van der Waals surface area contributed by atoms with Crippen molar-refractivity contribution < 1.29 is 5.11 Å². The molecule has 1 aromatic rings. The van der Waals surface area contributed by atoms with E-state index in [1.807, 2.05) is 37.1 Å². The number of benzene rings is 1. The van der Waals surface area contributed by atoms with Gasteiger partial charge in [-0.05, 0) is 19.0 Å². The molecule has 2 rings (SSSR count). The van der Waals surface area contributed by atoms with Gasteiger partial charge in [0.15, 0.2) is 0 Å². The summed E-state index contributed by atoms with van der Waals surface area (Å²) >= 11 is 0. The van der Waals surface area contributed by atoms with E-state index in [9.17, 15) is 5.11 Å². The van der Waals surface area contributed by atoms with E-state index in [2.05, 4.69) is 6.07 Å². The highest BCUT2D eigenvalue weighted by atomic mass is 16.3. The molecule has 0 bridgehead atoms. The average molecular weight is 177 g/mol. The van der Waals surface area contributed by atoms with Gasteiger partial charge in [0.2, 0.25) is 0 Å². The molecule has 0 spiro atoms. The standard InChI is InChI=1S/C11H15NO/c1-3-11(13)10-7-5-4-6-9(10)8-12(11)2/h4-7,13H,3,8H2,1-2H3. The first-order chi connectivity index (χ1) is 6.18. The largest absolute Gasteiger partial charge is 0.371 e. The van der Waals surface area contributed by atoms with E-state index in [0.717, 1.165) is 18.5 Å². The number of aliphatic hydroxyl groups is 1. The van der Waals surface area contributed by atoms with Gasteiger partial charge in [0.05, 0.1) is 0 Å². The zero-order valence-corrected chi connectivity index (χ0v) is 8.12. The maximum atomic E-state index is 10.3. The van der Waals surface area contributed by atoms with Gasteiger partial charge in [0.1, 0.15) is 5.72 Å². The Bertz CT molecular complexity index is 324. The Morgan fingerprint density at radius 1 is 1.46 bits per heavy atom. The Morgan fingerprint density at radius 3 is 2.85 bits per heavy atom. The Hall–Kier alpha value is -0.860. The smallest absolute Gasteiger partial charge is 0.144 e. The zero-order chi connectivity index (χ0) is 9.47. The van der Waals surface area contributed by atoms with Crippen molar-refractivity contribution >= 4 is 0 Å². The second kappa shape index (κ2) is 2.82. The van der Waals surface area contributed by atoms with Crippen LogP contribution in [0, 0.1) is 0 Å². The van der Waals surface area contributed by atoms with Crippen molar-refractivity contribution in [3.8, 4) is 0 Å². The van der Waals surface area contributed by atoms with Crippen LogP contribution >= 0.6 is 0 Å². The highest BCUT2D eigenvalue weighted by Gasteiger charge is 2.39. The molecule has 0 saturated heterocycles. The van der Waals surface area contributed by atoms with Crippen LogP contribution in [0.3, 0.4) is 0 Å². The quantitative estimate of drug-likeness (QED) is 0.705. The van der Waals surface area contributed by atoms with E-state index in [4.69, 9.17) is 0 Å². The predicted molar refractivity (Wildman–Crippen MR) is 52.1 cm³/mol. The van der Waals surface area contributed by atoms with Crippen LogP contribution < -0.4 is 0 Å². The van der Waals surface area contributed by atoms with E-state index in [-0.39, 0.29) is 0 Å². The molecular formula is C11H15NO. The van der Waals surface area contributed by atoms with E-state index in [1.54, 1.807) is 0 Å². The number of rotatable bonds is 1. The second-order valence-corrected chi connectivity index (χ2v) is 3.68. The minimum absolute atomic E-state index is 0.737. The van der Waals surface area contributed by atoms with Crippen LogP contribution in [-0.4, -0.2) is 17.1 Å². The van der Waals surface area contributed by atoms with Gasteiger partial charge in [0, 0.05) is 12.1 Å². The van der Waals surface area contributed by atoms with Gasteiger partial charge in [0.25, 0.3) is 0 Å². The highest BCUT2D eigenvalue weighted by Crippen LogP contribution is 2.37. The lowest BCUT2D eigenvalue weighted by Crippen LogP contribution is -2.37. The molecule has 0 amide bonds. The monoisotopic (exact) mass is 177 g/mol. The second-order valence-electron chi connectivity index (χ2n) is 3.68. The van der Waals surface area contributed by atoms with Gasteiger partial charge >= 0.3 is 0 Å². The number of hydrogen-bond acceptors (Lipinski definition) is 2. The normalized spacial score (nSPS) is 27.6. The fourth-order valence-electron chi connectivity index (χ4n) is 2.10. The topological polar surface area (TPSA) is 23.5 Å². The highest BCUT2D eigenvalue weighted by molar-refractivity contribution is 5.35. The molecule has 1 atom stereocenters. The molecule has 1 unspecified atom stereocenters. The third kappa shape index (κ3) is 1.10. The molecule has 70 valence electrons. The molecule has 0 fully saturated rings. The summed E-state index contributed by atoms with van der Waals surface area (Å²) in [6.07, 6.45) is 0.737. The summed E-state index contributed by atoms with van der Waals surface area (Å²) in [5.74, 6) is 0. The molecular weight excluding hydrogens is 162 g/mol. The summed E-state index contributed by atoms with van der Waals surface area (Å²) in [5.41, 5.74) is 1.57. The fraction of sp³-hybridized carbons (Fsp3) is 0.455. The molecule has 2 nitrogen and oxygen atoms in total. The van der Waals surface area contributed by atoms with Crippen LogP contribution in [0.4, 0.5) is 0 Å². The molecule has 2 heteroatoms. The van der Waals surface area contributed by atoms with E-state index >= 15 is 0 Å². The summed E-state index contributed by atoms with van der Waals surface area (Å²) < 4.78 is 0. The minimum Gasteiger partial charge on any atom is -0.371 e. The number of hydrogen-bond donors (Lipinski definition) is 1. The molecule has 0 radical (unpaired) electrons. The van der Waals surface area contributed by atoms with E-state index in [0.29, 0.717) is 0 Å². The Balaban J connectivity index is 2.52. The summed E-state index contributed by atoms with van der Waals surface area (Å²) in [6, 6.07) is 8.11. The Morgan fingerprint density at radius 2 is 2.15 bits per heavy atom. The average Bonchev–Trinajstić information content (AvgIpc) is 2.41. The van der Waals surface area contributed by atoms with Crippen LogP contribution in [0.2, 0.25) is 0 Å². The maximum Gasteiger partial charge on any atom is 0.144 e. The molecule has 1 N–H and O–H groups in total. The molecule has 1 aliphatic rings. The first-order valence-corrected chi connectivity index (χ1v) is 4.70. The molecule has 1 heterocycles. The van der Waals surface area contributed by atoms with Crippen LogP contribution in [0.25, 0.3) is 0 Å². The van der Waals surface area contributed by atoms with Crippen LogP contribution in [0.1, 0.15) is 24.5 Å². The lowest BCUT2D eigenvalue weighted by atomic mass is 9.99. The number of nitrogens with zero attached hydrogens (tertiary/aromatic N) is 1. The van der Waals surface area contributed by atoms with E-state index < -0.39 is 5.72 Å². The molecule has 0 saturated carbocycles. The third-order valence-corrected chi connectivity index (χ3v) is 2.98. The van der Waals surface area contributed by atoms with Crippen molar-refractivity contribution in [3.05, 3.63) is 35.4 Å². The first kappa shape index (κ1) is 8.73. The van der Waals surface area contributed by atoms with Gasteiger partial charge in [-0.25, -0.2) is 0 Å². The summed E-state index contributed by atoms with van der Waals surface area (Å²) in [5, 5.41) is 10.3. The molecule has 1 aromatic carbocycles. The van der Waals surface area contributed by atoms with Gasteiger partial charge in [-0.1, -0.05) is 31.2 Å². The fourth-order valence-corrected chi connectivity index (χ4v) is 2.10. The van der Waals surface area contributed by atoms with Crippen molar-refractivity contribution in [1.29, 1.82) is 0 Å². The summed E-state index contributed by atoms with van der Waals surface area (Å²) in [6.45, 7) is 2.86. The third-order valence-electron chi connectivity index (χ3n) is 2.98. The van der Waals surface area contributed by atoms with Gasteiger partial charge in [-0.2, -0.15) is 0 Å². The molecule has 13 heavy (non-hydrogen) atoms. The Labute approximate surface area is 78.8 Å². The lowest BCUT2D eigenvalue weighted by Gasteiger charge is -2.30. The predicted octanol–water partition coefficient (Wildman–Crippen LogP) is 1.69. The van der Waals surface area contributed by atoms with Crippen LogP contribution in [-0.2, 0) is 12.3 Å².